The molecule has 14 heavy (non-hydrogen) atoms. The van der Waals surface area contributed by atoms with Gasteiger partial charge in [0.05, 0.1) is 12.3 Å². The second kappa shape index (κ2) is 3.51. The van der Waals surface area contributed by atoms with Crippen LogP contribution in [0.4, 0.5) is 5.69 Å². The van der Waals surface area contributed by atoms with Gasteiger partial charge in [-0.2, -0.15) is 0 Å². The second-order valence-electron chi connectivity index (χ2n) is 3.00. The van der Waals surface area contributed by atoms with E-state index in [9.17, 15) is 0 Å². The Morgan fingerprint density at radius 3 is 2.86 bits per heavy atom. The van der Waals surface area contributed by atoms with Gasteiger partial charge >= 0.3 is 0 Å². The minimum absolute atomic E-state index is 0.348. The molecule has 0 aromatic carbocycles. The summed E-state index contributed by atoms with van der Waals surface area (Å²) in [5, 5.41) is 0. The minimum atomic E-state index is -0.348. The van der Waals surface area contributed by atoms with Crippen LogP contribution in [0, 0.1) is 0 Å². The van der Waals surface area contributed by atoms with Crippen LogP contribution in [0.1, 0.15) is 17.4 Å². The number of anilines is 1. The van der Waals surface area contributed by atoms with Gasteiger partial charge in [0, 0.05) is 23.6 Å². The highest BCUT2D eigenvalue weighted by atomic mass is 16.3. The zero-order valence-electron chi connectivity index (χ0n) is 7.55. The lowest BCUT2D eigenvalue weighted by Gasteiger charge is -2.10. The Morgan fingerprint density at radius 2 is 2.21 bits per heavy atom. The Balaban J connectivity index is 2.37. The summed E-state index contributed by atoms with van der Waals surface area (Å²) in [5.74, 6) is 0.685. The largest absolute Gasteiger partial charge is 0.467 e. The summed E-state index contributed by atoms with van der Waals surface area (Å²) in [6.45, 7) is 0. The van der Waals surface area contributed by atoms with Crippen LogP contribution in [-0.2, 0) is 0 Å². The lowest BCUT2D eigenvalue weighted by Crippen LogP contribution is -2.13. The van der Waals surface area contributed by atoms with Crippen molar-refractivity contribution in [2.24, 2.45) is 5.73 Å². The van der Waals surface area contributed by atoms with E-state index in [-0.39, 0.29) is 6.04 Å². The molecule has 0 fully saturated rings. The average Bonchev–Trinajstić information content (AvgIpc) is 2.70. The first-order valence-electron chi connectivity index (χ1n) is 4.27. The zero-order chi connectivity index (χ0) is 9.97. The van der Waals surface area contributed by atoms with Gasteiger partial charge in [0.25, 0.3) is 0 Å². The van der Waals surface area contributed by atoms with Gasteiger partial charge in [-0.15, -0.1) is 0 Å². The molecular formula is C10H11N3O. The third-order valence-electron chi connectivity index (χ3n) is 2.07. The lowest BCUT2D eigenvalue weighted by atomic mass is 10.1. The minimum Gasteiger partial charge on any atom is -0.467 e. The van der Waals surface area contributed by atoms with Crippen LogP contribution in [0.15, 0.2) is 41.3 Å². The molecule has 0 saturated carbocycles. The predicted octanol–water partition coefficient (Wildman–Crippen LogP) is 1.30. The van der Waals surface area contributed by atoms with E-state index in [1.165, 1.54) is 0 Å². The van der Waals surface area contributed by atoms with Gasteiger partial charge in [-0.3, -0.25) is 4.98 Å². The number of hydrogen-bond donors (Lipinski definition) is 2. The number of pyridine rings is 1. The Hall–Kier alpha value is -1.81. The molecule has 0 aliphatic carbocycles. The lowest BCUT2D eigenvalue weighted by molar-refractivity contribution is 0.490. The van der Waals surface area contributed by atoms with Crippen molar-refractivity contribution in [3.63, 3.8) is 0 Å². The molecule has 0 saturated heterocycles. The summed E-state index contributed by atoms with van der Waals surface area (Å²) < 4.78 is 5.20. The molecule has 2 heterocycles. The van der Waals surface area contributed by atoms with E-state index < -0.39 is 0 Å². The zero-order valence-corrected chi connectivity index (χ0v) is 7.55. The molecule has 4 N–H and O–H groups in total. The SMILES string of the molecule is Nc1ccncc1C(N)c1ccco1. The maximum atomic E-state index is 5.95. The molecule has 0 aliphatic heterocycles. The number of hydrogen-bond acceptors (Lipinski definition) is 4. The molecule has 1 atom stereocenters. The van der Waals surface area contributed by atoms with Crippen LogP contribution in [0.5, 0.6) is 0 Å². The van der Waals surface area contributed by atoms with Gasteiger partial charge in [-0.05, 0) is 18.2 Å². The first-order valence-corrected chi connectivity index (χ1v) is 4.27. The molecule has 4 nitrogen and oxygen atoms in total. The van der Waals surface area contributed by atoms with Crippen LogP contribution >= 0.6 is 0 Å². The van der Waals surface area contributed by atoms with Gasteiger partial charge in [-0.25, -0.2) is 0 Å². The monoisotopic (exact) mass is 189 g/mol. The summed E-state index contributed by atoms with van der Waals surface area (Å²) in [5.41, 5.74) is 13.1. The molecule has 1 unspecified atom stereocenters. The highest BCUT2D eigenvalue weighted by Crippen LogP contribution is 2.23. The number of rotatable bonds is 2. The summed E-state index contributed by atoms with van der Waals surface area (Å²) in [6, 6.07) is 4.98. The molecule has 0 amide bonds. The summed E-state index contributed by atoms with van der Waals surface area (Å²) in [7, 11) is 0. The topological polar surface area (TPSA) is 78.1 Å². The fraction of sp³-hybridized carbons (Fsp3) is 0.100. The Labute approximate surface area is 81.5 Å². The molecule has 72 valence electrons. The van der Waals surface area contributed by atoms with Crippen molar-refractivity contribution in [1.82, 2.24) is 4.98 Å². The predicted molar refractivity (Wildman–Crippen MR) is 53.4 cm³/mol. The van der Waals surface area contributed by atoms with Crippen molar-refractivity contribution in [2.75, 3.05) is 5.73 Å². The van der Waals surface area contributed by atoms with Crippen LogP contribution in [0.25, 0.3) is 0 Å². The Bertz CT molecular complexity index is 411. The Kier molecular flexibility index (Phi) is 2.20. The van der Waals surface area contributed by atoms with Crippen molar-refractivity contribution >= 4 is 5.69 Å². The van der Waals surface area contributed by atoms with E-state index in [1.807, 2.05) is 6.07 Å². The Morgan fingerprint density at radius 1 is 1.36 bits per heavy atom. The molecule has 0 radical (unpaired) electrons. The molecule has 0 bridgehead atoms. The maximum Gasteiger partial charge on any atom is 0.125 e. The van der Waals surface area contributed by atoms with Gasteiger partial charge in [0.15, 0.2) is 0 Å². The molecule has 2 aromatic heterocycles. The first-order chi connectivity index (χ1) is 6.79. The fourth-order valence-corrected chi connectivity index (χ4v) is 1.30. The average molecular weight is 189 g/mol. The maximum absolute atomic E-state index is 5.95. The number of furan rings is 1. The van der Waals surface area contributed by atoms with Crippen LogP contribution in [0.2, 0.25) is 0 Å². The van der Waals surface area contributed by atoms with Crippen molar-refractivity contribution in [2.45, 2.75) is 6.04 Å². The standard InChI is InChI=1S/C10H11N3O/c11-8-3-4-13-6-7(8)10(12)9-2-1-5-14-9/h1-6,10H,12H2,(H2,11,13). The van der Waals surface area contributed by atoms with Gasteiger partial charge < -0.3 is 15.9 Å². The summed E-state index contributed by atoms with van der Waals surface area (Å²) in [4.78, 5) is 3.97. The number of nitrogens with two attached hydrogens (primary N) is 2. The fourth-order valence-electron chi connectivity index (χ4n) is 1.30. The van der Waals surface area contributed by atoms with E-state index in [2.05, 4.69) is 4.98 Å². The van der Waals surface area contributed by atoms with E-state index in [0.717, 1.165) is 5.56 Å². The number of nitrogens with zero attached hydrogens (tertiary/aromatic N) is 1. The molecule has 4 heteroatoms. The molecule has 2 rings (SSSR count). The van der Waals surface area contributed by atoms with Crippen molar-refractivity contribution in [3.05, 3.63) is 48.2 Å². The molecule has 2 aromatic rings. The third kappa shape index (κ3) is 1.47. The highest BCUT2D eigenvalue weighted by Gasteiger charge is 2.13. The molecular weight excluding hydrogens is 178 g/mol. The third-order valence-corrected chi connectivity index (χ3v) is 2.07. The van der Waals surface area contributed by atoms with E-state index in [1.54, 1.807) is 30.8 Å². The van der Waals surface area contributed by atoms with Crippen LogP contribution < -0.4 is 11.5 Å². The quantitative estimate of drug-likeness (QED) is 0.746. The van der Waals surface area contributed by atoms with Crippen molar-refractivity contribution in [3.8, 4) is 0 Å². The van der Waals surface area contributed by atoms with Crippen molar-refractivity contribution in [1.29, 1.82) is 0 Å². The first kappa shape index (κ1) is 8.77. The number of aromatic nitrogens is 1. The van der Waals surface area contributed by atoms with E-state index >= 15 is 0 Å². The summed E-state index contributed by atoms with van der Waals surface area (Å²) >= 11 is 0. The molecule has 0 aliphatic rings. The van der Waals surface area contributed by atoms with E-state index in [4.69, 9.17) is 15.9 Å². The van der Waals surface area contributed by atoms with Crippen molar-refractivity contribution < 1.29 is 4.42 Å². The normalized spacial score (nSPS) is 12.6. The van der Waals surface area contributed by atoms with E-state index in [0.29, 0.717) is 11.4 Å². The smallest absolute Gasteiger partial charge is 0.125 e. The van der Waals surface area contributed by atoms with Crippen LogP contribution in [0.3, 0.4) is 0 Å². The van der Waals surface area contributed by atoms with Crippen LogP contribution in [-0.4, -0.2) is 4.98 Å². The number of nitrogen functional groups attached to an aromatic ring is 1. The molecule has 0 spiro atoms. The van der Waals surface area contributed by atoms with Gasteiger partial charge in [0.2, 0.25) is 0 Å². The second-order valence-corrected chi connectivity index (χ2v) is 3.00. The van der Waals surface area contributed by atoms with Gasteiger partial charge in [0.1, 0.15) is 5.76 Å². The van der Waals surface area contributed by atoms with Gasteiger partial charge in [-0.1, -0.05) is 0 Å². The summed E-state index contributed by atoms with van der Waals surface area (Å²) in [6.07, 6.45) is 4.87. The highest BCUT2D eigenvalue weighted by molar-refractivity contribution is 5.48.